The third-order valence-corrected chi connectivity index (χ3v) is 6.35. The Kier molecular flexibility index (Phi) is 5.92. The van der Waals surface area contributed by atoms with Crippen molar-refractivity contribution in [1.82, 2.24) is 14.7 Å². The van der Waals surface area contributed by atoms with Gasteiger partial charge in [0.15, 0.2) is 11.5 Å². The average Bonchev–Trinajstić information content (AvgIpc) is 2.72. The van der Waals surface area contributed by atoms with Gasteiger partial charge in [0.1, 0.15) is 12.1 Å². The van der Waals surface area contributed by atoms with Gasteiger partial charge in [0.05, 0.1) is 30.3 Å². The Bertz CT molecular complexity index is 1120. The van der Waals surface area contributed by atoms with Gasteiger partial charge in [-0.25, -0.2) is 23.1 Å². The van der Waals surface area contributed by atoms with Gasteiger partial charge in [0.2, 0.25) is 10.0 Å². The third kappa shape index (κ3) is 3.84. The van der Waals surface area contributed by atoms with Crippen molar-refractivity contribution in [3.63, 3.8) is 0 Å². The van der Waals surface area contributed by atoms with Gasteiger partial charge in [-0.15, -0.1) is 11.8 Å². The number of thioether (sulfide) groups is 1. The highest BCUT2D eigenvalue weighted by atomic mass is 32.2. The molecule has 3 aromatic rings. The second kappa shape index (κ2) is 8.21. The van der Waals surface area contributed by atoms with E-state index in [0.717, 1.165) is 4.90 Å². The number of sulfonamides is 1. The number of nitrogens with zero attached hydrogens (tertiary/aromatic N) is 2. The molecule has 0 aliphatic heterocycles. The quantitative estimate of drug-likeness (QED) is 0.563. The van der Waals surface area contributed by atoms with Crippen LogP contribution in [-0.2, 0) is 10.0 Å². The summed E-state index contributed by atoms with van der Waals surface area (Å²) in [5, 5.41) is 3.95. The van der Waals surface area contributed by atoms with E-state index < -0.39 is 10.0 Å². The van der Waals surface area contributed by atoms with Gasteiger partial charge in [-0.2, -0.15) is 0 Å². The highest BCUT2D eigenvalue weighted by molar-refractivity contribution is 7.98. The summed E-state index contributed by atoms with van der Waals surface area (Å²) >= 11 is 1.49. The summed E-state index contributed by atoms with van der Waals surface area (Å²) in [6, 6.07) is 8.44. The number of methoxy groups -OCH3 is 2. The van der Waals surface area contributed by atoms with Crippen LogP contribution in [0.1, 0.15) is 0 Å². The molecule has 1 heterocycles. The van der Waals surface area contributed by atoms with Gasteiger partial charge < -0.3 is 14.8 Å². The molecule has 0 bridgehead atoms. The predicted octanol–water partition coefficient (Wildman–Crippen LogP) is 3.02. The molecule has 0 amide bonds. The molecule has 0 spiro atoms. The number of ether oxygens (including phenoxy) is 2. The lowest BCUT2D eigenvalue weighted by Gasteiger charge is -2.15. The molecule has 0 saturated heterocycles. The topological polar surface area (TPSA) is 102 Å². The Labute approximate surface area is 167 Å². The molecule has 10 heteroatoms. The third-order valence-electron chi connectivity index (χ3n) is 4.14. The first-order chi connectivity index (χ1) is 13.4. The minimum Gasteiger partial charge on any atom is -0.493 e. The lowest BCUT2D eigenvalue weighted by atomic mass is 10.2. The van der Waals surface area contributed by atoms with Crippen molar-refractivity contribution in [2.75, 3.05) is 32.8 Å². The van der Waals surface area contributed by atoms with E-state index in [1.165, 1.54) is 25.1 Å². The minimum absolute atomic E-state index is 0.160. The van der Waals surface area contributed by atoms with Gasteiger partial charge >= 0.3 is 0 Å². The number of rotatable bonds is 7. The zero-order chi connectivity index (χ0) is 20.3. The van der Waals surface area contributed by atoms with Crippen LogP contribution in [0.3, 0.4) is 0 Å². The van der Waals surface area contributed by atoms with Crippen molar-refractivity contribution in [2.45, 2.75) is 9.79 Å². The van der Waals surface area contributed by atoms with Crippen LogP contribution >= 0.6 is 11.8 Å². The number of nitrogens with one attached hydrogen (secondary N) is 2. The number of aromatic nitrogens is 2. The fourth-order valence-electron chi connectivity index (χ4n) is 2.68. The summed E-state index contributed by atoms with van der Waals surface area (Å²) in [7, 11) is 0.921. The van der Waals surface area contributed by atoms with Crippen LogP contribution in [0.2, 0.25) is 0 Å². The van der Waals surface area contributed by atoms with Gasteiger partial charge in [-0.05, 0) is 37.6 Å². The molecule has 0 aliphatic rings. The zero-order valence-electron chi connectivity index (χ0n) is 15.8. The Hall–Kier alpha value is -2.56. The molecule has 0 aliphatic carbocycles. The molecule has 0 saturated carbocycles. The van der Waals surface area contributed by atoms with Crippen molar-refractivity contribution in [1.29, 1.82) is 0 Å². The second-order valence-electron chi connectivity index (χ2n) is 5.64. The molecular weight excluding hydrogens is 400 g/mol. The molecule has 2 N–H and O–H groups in total. The molecular formula is C18H20N4O4S2. The van der Waals surface area contributed by atoms with E-state index in [2.05, 4.69) is 20.0 Å². The summed E-state index contributed by atoms with van der Waals surface area (Å²) in [5.74, 6) is 1.64. The van der Waals surface area contributed by atoms with Gasteiger partial charge in [-0.1, -0.05) is 0 Å². The molecule has 2 aromatic carbocycles. The highest BCUT2D eigenvalue weighted by Crippen LogP contribution is 2.36. The molecule has 8 nitrogen and oxygen atoms in total. The van der Waals surface area contributed by atoms with Crippen molar-refractivity contribution < 1.29 is 17.9 Å². The number of benzene rings is 2. The van der Waals surface area contributed by atoms with Crippen molar-refractivity contribution in [3.05, 3.63) is 36.7 Å². The summed E-state index contributed by atoms with van der Waals surface area (Å²) in [4.78, 5) is 9.65. The van der Waals surface area contributed by atoms with Crippen molar-refractivity contribution >= 4 is 44.2 Å². The molecule has 3 rings (SSSR count). The van der Waals surface area contributed by atoms with Crippen LogP contribution in [0, 0.1) is 0 Å². The first-order valence-corrected chi connectivity index (χ1v) is 10.9. The first kappa shape index (κ1) is 20.2. The fraction of sp³-hybridized carbons (Fsp3) is 0.222. The van der Waals surface area contributed by atoms with Crippen molar-refractivity contribution in [3.8, 4) is 11.5 Å². The smallest absolute Gasteiger partial charge is 0.240 e. The van der Waals surface area contributed by atoms with Crippen LogP contribution in [0.25, 0.3) is 10.9 Å². The Morgan fingerprint density at radius 1 is 1.04 bits per heavy atom. The first-order valence-electron chi connectivity index (χ1n) is 8.19. The predicted molar refractivity (Wildman–Crippen MR) is 110 cm³/mol. The van der Waals surface area contributed by atoms with E-state index >= 15 is 0 Å². The largest absolute Gasteiger partial charge is 0.493 e. The maximum atomic E-state index is 12.2. The molecule has 0 atom stereocenters. The van der Waals surface area contributed by atoms with Gasteiger partial charge in [0.25, 0.3) is 0 Å². The van der Waals surface area contributed by atoms with E-state index in [4.69, 9.17) is 9.47 Å². The average molecular weight is 421 g/mol. The van der Waals surface area contributed by atoms with Crippen LogP contribution < -0.4 is 19.5 Å². The summed E-state index contributed by atoms with van der Waals surface area (Å²) < 4.78 is 37.4. The lowest BCUT2D eigenvalue weighted by Crippen LogP contribution is -2.18. The van der Waals surface area contributed by atoms with E-state index in [1.54, 1.807) is 44.6 Å². The van der Waals surface area contributed by atoms with Crippen LogP contribution in [-0.4, -0.2) is 45.9 Å². The van der Waals surface area contributed by atoms with E-state index in [-0.39, 0.29) is 4.90 Å². The van der Waals surface area contributed by atoms with Gasteiger partial charge in [0, 0.05) is 16.3 Å². The Morgan fingerprint density at radius 3 is 2.39 bits per heavy atom. The number of anilines is 2. The fourth-order valence-corrected chi connectivity index (χ4v) is 3.97. The number of hydrogen-bond donors (Lipinski definition) is 2. The monoisotopic (exact) mass is 420 g/mol. The summed E-state index contributed by atoms with van der Waals surface area (Å²) in [6.45, 7) is 0. The van der Waals surface area contributed by atoms with Crippen LogP contribution in [0.5, 0.6) is 11.5 Å². The van der Waals surface area contributed by atoms with Crippen LogP contribution in [0.15, 0.2) is 46.5 Å². The Morgan fingerprint density at radius 2 is 1.75 bits per heavy atom. The molecule has 0 radical (unpaired) electrons. The second-order valence-corrected chi connectivity index (χ2v) is 8.38. The molecule has 148 valence electrons. The minimum atomic E-state index is -3.57. The molecule has 0 unspecified atom stereocenters. The number of hydrogen-bond acceptors (Lipinski definition) is 8. The van der Waals surface area contributed by atoms with Crippen molar-refractivity contribution in [2.24, 2.45) is 0 Å². The van der Waals surface area contributed by atoms with E-state index in [1.807, 2.05) is 6.26 Å². The van der Waals surface area contributed by atoms with E-state index in [9.17, 15) is 8.42 Å². The summed E-state index contributed by atoms with van der Waals surface area (Å²) in [6.07, 6.45) is 3.35. The Balaban J connectivity index is 2.13. The molecule has 0 fully saturated rings. The van der Waals surface area contributed by atoms with E-state index in [0.29, 0.717) is 33.9 Å². The van der Waals surface area contributed by atoms with Crippen LogP contribution in [0.4, 0.5) is 11.5 Å². The maximum Gasteiger partial charge on any atom is 0.240 e. The number of fused-ring (bicyclic) bond motifs is 1. The van der Waals surface area contributed by atoms with Gasteiger partial charge in [-0.3, -0.25) is 0 Å². The molecule has 1 aromatic heterocycles. The standard InChI is InChI=1S/C18H20N4O4S2/c1-19-28(23,24)11-5-6-17(27-4)14(7-11)22-18-12-8-15(25-2)16(26-3)9-13(12)20-10-21-18/h5-10,19H,1-4H3,(H,20,21,22). The summed E-state index contributed by atoms with van der Waals surface area (Å²) in [5.41, 5.74) is 1.29. The maximum absolute atomic E-state index is 12.2. The normalized spacial score (nSPS) is 11.4. The molecule has 28 heavy (non-hydrogen) atoms. The lowest BCUT2D eigenvalue weighted by molar-refractivity contribution is 0.356. The highest BCUT2D eigenvalue weighted by Gasteiger charge is 2.16. The zero-order valence-corrected chi connectivity index (χ0v) is 17.4. The SMILES string of the molecule is CNS(=O)(=O)c1ccc(SC)c(Nc2ncnc3cc(OC)c(OC)cc23)c1.